The highest BCUT2D eigenvalue weighted by molar-refractivity contribution is 9.10. The van der Waals surface area contributed by atoms with Gasteiger partial charge in [-0.1, -0.05) is 15.9 Å². The summed E-state index contributed by atoms with van der Waals surface area (Å²) in [6.45, 7) is 0.225. The predicted octanol–water partition coefficient (Wildman–Crippen LogP) is 1.44. The summed E-state index contributed by atoms with van der Waals surface area (Å²) in [5.74, 6) is -0.550. The number of carboxylic acids is 1. The van der Waals surface area contributed by atoms with E-state index in [0.29, 0.717) is 5.57 Å². The van der Waals surface area contributed by atoms with Crippen LogP contribution in [-0.4, -0.2) is 43.3 Å². The lowest BCUT2D eigenvalue weighted by molar-refractivity contribution is -0.142. The smallest absolute Gasteiger partial charge is 0.329 e. The molecular weight excluding hydrogens is 342 g/mol. The fraction of sp³-hybridized carbons (Fsp3) is 0.286. The number of halogens is 1. The second-order valence-electron chi connectivity index (χ2n) is 4.34. The third-order valence-electron chi connectivity index (χ3n) is 2.73. The van der Waals surface area contributed by atoms with Crippen molar-refractivity contribution in [3.63, 3.8) is 0 Å². The molecule has 1 amide bonds. The number of amides is 1. The van der Waals surface area contributed by atoms with E-state index in [1.807, 2.05) is 18.2 Å². The Morgan fingerprint density at radius 3 is 3.00 bits per heavy atom. The van der Waals surface area contributed by atoms with Crippen LogP contribution in [0.25, 0.3) is 6.08 Å². The number of ether oxygens (including phenoxy) is 2. The van der Waals surface area contributed by atoms with Crippen LogP contribution in [0.1, 0.15) is 5.56 Å². The maximum absolute atomic E-state index is 11.9. The zero-order valence-corrected chi connectivity index (χ0v) is 12.7. The van der Waals surface area contributed by atoms with E-state index in [-0.39, 0.29) is 32.3 Å². The maximum Gasteiger partial charge on any atom is 0.329 e. The molecule has 1 aliphatic heterocycles. The Morgan fingerprint density at radius 1 is 1.43 bits per heavy atom. The summed E-state index contributed by atoms with van der Waals surface area (Å²) in [5, 5.41) is 11.1. The van der Waals surface area contributed by atoms with E-state index in [1.54, 1.807) is 6.08 Å². The maximum atomic E-state index is 11.9. The van der Waals surface area contributed by atoms with Crippen molar-refractivity contribution < 1.29 is 24.2 Å². The lowest BCUT2D eigenvalue weighted by Crippen LogP contribution is -2.31. The average molecular weight is 356 g/mol. The van der Waals surface area contributed by atoms with Crippen LogP contribution >= 0.6 is 15.9 Å². The molecule has 1 aromatic rings. The summed E-state index contributed by atoms with van der Waals surface area (Å²) in [4.78, 5) is 22.2. The molecule has 21 heavy (non-hydrogen) atoms. The van der Waals surface area contributed by atoms with Crippen molar-refractivity contribution >= 4 is 33.9 Å². The normalized spacial score (nSPS) is 12.9. The fourth-order valence-corrected chi connectivity index (χ4v) is 2.17. The first-order valence-corrected chi connectivity index (χ1v) is 7.06. The molecular formula is C14H14BrNO5. The minimum absolute atomic E-state index is 0.147. The van der Waals surface area contributed by atoms with Gasteiger partial charge in [0.2, 0.25) is 0 Å². The molecule has 0 saturated carbocycles. The van der Waals surface area contributed by atoms with Crippen LogP contribution in [0.2, 0.25) is 0 Å². The number of benzene rings is 1. The fourth-order valence-electron chi connectivity index (χ4n) is 1.79. The van der Waals surface area contributed by atoms with Crippen molar-refractivity contribution in [2.75, 3.05) is 26.4 Å². The standard InChI is InChI=1S/C14H14BrNO5/c15-11-1-2-12-9(6-11)5-10(7-21-12)14(19)16-3-4-20-8-13(17)18/h1-2,5-6H,3-4,7-8H2,(H,16,19)(H,17,18). The molecule has 0 spiro atoms. The number of hydrogen-bond donors (Lipinski definition) is 2. The Kier molecular flexibility index (Phi) is 5.35. The number of rotatable bonds is 6. The molecule has 6 nitrogen and oxygen atoms in total. The highest BCUT2D eigenvalue weighted by atomic mass is 79.9. The minimum atomic E-state index is -1.04. The SMILES string of the molecule is O=C(O)COCCNC(=O)C1=Cc2cc(Br)ccc2OC1. The van der Waals surface area contributed by atoms with Crippen molar-refractivity contribution in [3.05, 3.63) is 33.8 Å². The van der Waals surface area contributed by atoms with Crippen LogP contribution in [0.5, 0.6) is 5.75 Å². The van der Waals surface area contributed by atoms with Gasteiger partial charge in [0.05, 0.1) is 12.2 Å². The van der Waals surface area contributed by atoms with Crippen LogP contribution < -0.4 is 10.1 Å². The number of fused-ring (bicyclic) bond motifs is 1. The Hall–Kier alpha value is -1.86. The van der Waals surface area contributed by atoms with Gasteiger partial charge in [0.15, 0.2) is 0 Å². The third kappa shape index (κ3) is 4.57. The zero-order chi connectivity index (χ0) is 15.2. The van der Waals surface area contributed by atoms with E-state index < -0.39 is 5.97 Å². The molecule has 1 aliphatic rings. The molecule has 2 N–H and O–H groups in total. The van der Waals surface area contributed by atoms with Gasteiger partial charge in [-0.05, 0) is 24.3 Å². The molecule has 0 atom stereocenters. The number of nitrogens with one attached hydrogen (secondary N) is 1. The summed E-state index contributed by atoms with van der Waals surface area (Å²) in [5.41, 5.74) is 1.35. The summed E-state index contributed by atoms with van der Waals surface area (Å²) < 4.78 is 11.3. The van der Waals surface area contributed by atoms with Crippen LogP contribution in [0.3, 0.4) is 0 Å². The van der Waals surface area contributed by atoms with E-state index in [1.165, 1.54) is 0 Å². The van der Waals surface area contributed by atoms with E-state index in [0.717, 1.165) is 15.8 Å². The van der Waals surface area contributed by atoms with Crippen LogP contribution in [0.4, 0.5) is 0 Å². The molecule has 7 heteroatoms. The van der Waals surface area contributed by atoms with Gasteiger partial charge in [-0.2, -0.15) is 0 Å². The monoisotopic (exact) mass is 355 g/mol. The van der Waals surface area contributed by atoms with Gasteiger partial charge in [-0.15, -0.1) is 0 Å². The highest BCUT2D eigenvalue weighted by Gasteiger charge is 2.17. The van der Waals surface area contributed by atoms with Crippen molar-refractivity contribution in [2.45, 2.75) is 0 Å². The van der Waals surface area contributed by atoms with E-state index >= 15 is 0 Å². The van der Waals surface area contributed by atoms with Crippen LogP contribution in [-0.2, 0) is 14.3 Å². The molecule has 0 aliphatic carbocycles. The number of carbonyl (C=O) groups is 2. The first-order valence-electron chi connectivity index (χ1n) is 6.27. The second-order valence-corrected chi connectivity index (χ2v) is 5.26. The topological polar surface area (TPSA) is 84.9 Å². The Labute approximate surface area is 129 Å². The molecule has 0 unspecified atom stereocenters. The molecule has 0 fully saturated rings. The van der Waals surface area contributed by atoms with Crippen LogP contribution in [0.15, 0.2) is 28.2 Å². The van der Waals surface area contributed by atoms with Crippen molar-refractivity contribution in [1.82, 2.24) is 5.32 Å². The molecule has 2 rings (SSSR count). The van der Waals surface area contributed by atoms with Gasteiger partial charge >= 0.3 is 5.97 Å². The Morgan fingerprint density at radius 2 is 2.24 bits per heavy atom. The number of carboxylic acid groups (broad SMARTS) is 1. The van der Waals surface area contributed by atoms with Gasteiger partial charge in [-0.25, -0.2) is 4.79 Å². The number of hydrogen-bond acceptors (Lipinski definition) is 4. The van der Waals surface area contributed by atoms with Gasteiger partial charge in [-0.3, -0.25) is 4.79 Å². The Bertz CT molecular complexity index is 585. The molecule has 112 valence electrons. The van der Waals surface area contributed by atoms with Crippen molar-refractivity contribution in [2.24, 2.45) is 0 Å². The van der Waals surface area contributed by atoms with Gasteiger partial charge in [0, 0.05) is 16.6 Å². The quantitative estimate of drug-likeness (QED) is 0.754. The zero-order valence-electron chi connectivity index (χ0n) is 11.1. The number of aliphatic carboxylic acids is 1. The van der Waals surface area contributed by atoms with E-state index in [9.17, 15) is 9.59 Å². The minimum Gasteiger partial charge on any atom is -0.488 e. The first-order chi connectivity index (χ1) is 10.1. The largest absolute Gasteiger partial charge is 0.488 e. The average Bonchev–Trinajstić information content (AvgIpc) is 2.45. The van der Waals surface area contributed by atoms with Gasteiger partial charge < -0.3 is 19.9 Å². The molecule has 0 saturated heterocycles. The molecule has 1 aromatic carbocycles. The van der Waals surface area contributed by atoms with Gasteiger partial charge in [0.1, 0.15) is 19.0 Å². The molecule has 0 bridgehead atoms. The Balaban J connectivity index is 1.87. The molecule has 1 heterocycles. The summed E-state index contributed by atoms with van der Waals surface area (Å²) in [6, 6.07) is 5.58. The molecule has 0 aromatic heterocycles. The number of carbonyl (C=O) groups excluding carboxylic acids is 1. The van der Waals surface area contributed by atoms with Crippen LogP contribution in [0, 0.1) is 0 Å². The third-order valence-corrected chi connectivity index (χ3v) is 3.23. The predicted molar refractivity (Wildman–Crippen MR) is 79.1 cm³/mol. The lowest BCUT2D eigenvalue weighted by Gasteiger charge is -2.17. The lowest BCUT2D eigenvalue weighted by atomic mass is 10.1. The van der Waals surface area contributed by atoms with Gasteiger partial charge in [0.25, 0.3) is 5.91 Å². The summed E-state index contributed by atoms with van der Waals surface area (Å²) in [7, 11) is 0. The van der Waals surface area contributed by atoms with E-state index in [4.69, 9.17) is 14.6 Å². The van der Waals surface area contributed by atoms with Crippen molar-refractivity contribution in [1.29, 1.82) is 0 Å². The van der Waals surface area contributed by atoms with Crippen molar-refractivity contribution in [3.8, 4) is 5.75 Å². The van der Waals surface area contributed by atoms with E-state index in [2.05, 4.69) is 21.2 Å². The summed E-state index contributed by atoms with van der Waals surface area (Å²) >= 11 is 3.37. The molecule has 0 radical (unpaired) electrons. The summed E-state index contributed by atoms with van der Waals surface area (Å²) in [6.07, 6.45) is 1.77. The second kappa shape index (κ2) is 7.24. The first kappa shape index (κ1) is 15.5. The highest BCUT2D eigenvalue weighted by Crippen LogP contribution is 2.29.